The van der Waals surface area contributed by atoms with Crippen molar-refractivity contribution < 1.29 is 22.9 Å². The Morgan fingerprint density at radius 3 is 2.32 bits per heavy atom. The number of non-ortho nitro benzene ring substituents is 1. The van der Waals surface area contributed by atoms with Gasteiger partial charge in [-0.05, 0) is 48.9 Å². The monoisotopic (exact) mass is 441 g/mol. The summed E-state index contributed by atoms with van der Waals surface area (Å²) >= 11 is 0. The van der Waals surface area contributed by atoms with E-state index in [4.69, 9.17) is 4.74 Å². The van der Waals surface area contributed by atoms with Crippen molar-refractivity contribution in [2.24, 2.45) is 0 Å². The fourth-order valence-electron chi connectivity index (χ4n) is 2.82. The van der Waals surface area contributed by atoms with Crippen LogP contribution in [0.15, 0.2) is 71.6 Å². The number of nitro benzene ring substituents is 1. The van der Waals surface area contributed by atoms with Gasteiger partial charge >= 0.3 is 0 Å². The Labute approximate surface area is 178 Å². The number of rotatable bonds is 7. The maximum atomic E-state index is 12.7. The van der Waals surface area contributed by atoms with E-state index in [0.717, 1.165) is 0 Å². The number of methoxy groups -OCH3 is 1. The van der Waals surface area contributed by atoms with Crippen LogP contribution in [0, 0.1) is 17.0 Å². The summed E-state index contributed by atoms with van der Waals surface area (Å²) in [6.45, 7) is 1.66. The lowest BCUT2D eigenvalue weighted by molar-refractivity contribution is -0.384. The van der Waals surface area contributed by atoms with Crippen molar-refractivity contribution >= 4 is 33.0 Å². The van der Waals surface area contributed by atoms with E-state index in [1.807, 2.05) is 0 Å². The van der Waals surface area contributed by atoms with Crippen LogP contribution >= 0.6 is 0 Å². The van der Waals surface area contributed by atoms with Crippen LogP contribution < -0.4 is 14.8 Å². The van der Waals surface area contributed by atoms with Crippen molar-refractivity contribution in [2.75, 3.05) is 17.1 Å². The lowest BCUT2D eigenvalue weighted by Crippen LogP contribution is -2.15. The number of anilines is 2. The molecular weight excluding hydrogens is 422 g/mol. The van der Waals surface area contributed by atoms with Gasteiger partial charge in [0.05, 0.1) is 28.3 Å². The highest BCUT2D eigenvalue weighted by molar-refractivity contribution is 7.92. The Morgan fingerprint density at radius 2 is 1.71 bits per heavy atom. The maximum absolute atomic E-state index is 12.7. The first-order chi connectivity index (χ1) is 14.7. The molecule has 0 saturated carbocycles. The van der Waals surface area contributed by atoms with Crippen LogP contribution in [0.5, 0.6) is 5.75 Å². The molecule has 3 rings (SSSR count). The van der Waals surface area contributed by atoms with E-state index in [0.29, 0.717) is 11.3 Å². The normalized spacial score (nSPS) is 10.9. The van der Waals surface area contributed by atoms with Gasteiger partial charge < -0.3 is 10.1 Å². The molecule has 0 unspecified atom stereocenters. The van der Waals surface area contributed by atoms with Crippen LogP contribution in [0.1, 0.15) is 15.9 Å². The molecule has 10 heteroatoms. The number of carbonyl (C=O) groups is 1. The van der Waals surface area contributed by atoms with Gasteiger partial charge in [0, 0.05) is 17.7 Å². The van der Waals surface area contributed by atoms with Gasteiger partial charge in [-0.1, -0.05) is 18.2 Å². The van der Waals surface area contributed by atoms with Crippen molar-refractivity contribution in [1.29, 1.82) is 0 Å². The van der Waals surface area contributed by atoms with Gasteiger partial charge in [-0.3, -0.25) is 19.6 Å². The van der Waals surface area contributed by atoms with Gasteiger partial charge in [-0.2, -0.15) is 0 Å². The number of aryl methyl sites for hydroxylation is 1. The van der Waals surface area contributed by atoms with Crippen molar-refractivity contribution in [2.45, 2.75) is 11.8 Å². The minimum atomic E-state index is -3.77. The maximum Gasteiger partial charge on any atom is 0.271 e. The standard InChI is InChI=1S/C21H19N3O6S/c1-14-12-15(8-10-18(14)23-31(28,29)17-6-4-3-5-7-17)21(25)22-19-13-16(24(26)27)9-11-20(19)30-2/h3-13,23H,1-2H3,(H,22,25). The van der Waals surface area contributed by atoms with Gasteiger partial charge in [-0.25, -0.2) is 8.42 Å². The molecule has 0 aromatic heterocycles. The Morgan fingerprint density at radius 1 is 1.00 bits per heavy atom. The van der Waals surface area contributed by atoms with E-state index in [-0.39, 0.29) is 27.6 Å². The summed E-state index contributed by atoms with van der Waals surface area (Å²) in [6.07, 6.45) is 0. The summed E-state index contributed by atoms with van der Waals surface area (Å²) < 4.78 is 32.7. The van der Waals surface area contributed by atoms with E-state index in [1.165, 1.54) is 55.6 Å². The van der Waals surface area contributed by atoms with E-state index >= 15 is 0 Å². The summed E-state index contributed by atoms with van der Waals surface area (Å²) in [4.78, 5) is 23.2. The Kier molecular flexibility index (Phi) is 6.21. The smallest absolute Gasteiger partial charge is 0.271 e. The number of hydrogen-bond donors (Lipinski definition) is 2. The largest absolute Gasteiger partial charge is 0.495 e. The van der Waals surface area contributed by atoms with Crippen molar-refractivity contribution in [1.82, 2.24) is 0 Å². The average molecular weight is 441 g/mol. The third kappa shape index (κ3) is 4.98. The van der Waals surface area contributed by atoms with Gasteiger partial charge in [0.25, 0.3) is 21.6 Å². The molecule has 9 nitrogen and oxygen atoms in total. The average Bonchev–Trinajstić information content (AvgIpc) is 2.75. The Bertz CT molecular complexity index is 1240. The molecule has 3 aromatic rings. The molecular formula is C21H19N3O6S. The van der Waals surface area contributed by atoms with E-state index < -0.39 is 20.9 Å². The molecule has 0 atom stereocenters. The number of sulfonamides is 1. The molecule has 0 fully saturated rings. The lowest BCUT2D eigenvalue weighted by Gasteiger charge is -2.13. The third-order valence-corrected chi connectivity index (χ3v) is 5.81. The van der Waals surface area contributed by atoms with Gasteiger partial charge in [0.2, 0.25) is 0 Å². The molecule has 0 aliphatic rings. The first kappa shape index (κ1) is 21.8. The molecule has 0 aliphatic heterocycles. The van der Waals surface area contributed by atoms with Gasteiger partial charge in [0.1, 0.15) is 5.75 Å². The second-order valence-electron chi connectivity index (χ2n) is 6.54. The van der Waals surface area contributed by atoms with Crippen LogP contribution in [-0.2, 0) is 10.0 Å². The first-order valence-corrected chi connectivity index (χ1v) is 10.5. The number of nitro groups is 1. The number of nitrogens with one attached hydrogen (secondary N) is 2. The summed E-state index contributed by atoms with van der Waals surface area (Å²) in [6, 6.07) is 16.2. The molecule has 2 N–H and O–H groups in total. The molecule has 0 spiro atoms. The van der Waals surface area contributed by atoms with Gasteiger partial charge in [-0.15, -0.1) is 0 Å². The van der Waals surface area contributed by atoms with E-state index in [2.05, 4.69) is 10.0 Å². The second-order valence-corrected chi connectivity index (χ2v) is 8.23. The highest BCUT2D eigenvalue weighted by Crippen LogP contribution is 2.29. The zero-order chi connectivity index (χ0) is 22.6. The molecule has 160 valence electrons. The highest BCUT2D eigenvalue weighted by atomic mass is 32.2. The quantitative estimate of drug-likeness (QED) is 0.422. The molecule has 0 saturated heterocycles. The molecule has 0 bridgehead atoms. The van der Waals surface area contributed by atoms with Crippen LogP contribution in [0.25, 0.3) is 0 Å². The van der Waals surface area contributed by atoms with Crippen molar-refractivity contribution in [3.8, 4) is 5.75 Å². The topological polar surface area (TPSA) is 128 Å². The summed E-state index contributed by atoms with van der Waals surface area (Å²) in [5.74, 6) is -0.262. The molecule has 3 aromatic carbocycles. The fraction of sp³-hybridized carbons (Fsp3) is 0.0952. The van der Waals surface area contributed by atoms with Crippen molar-refractivity contribution in [3.05, 3.63) is 88.0 Å². The molecule has 1 amide bonds. The lowest BCUT2D eigenvalue weighted by atomic mass is 10.1. The minimum absolute atomic E-state index is 0.119. The molecule has 31 heavy (non-hydrogen) atoms. The Balaban J connectivity index is 1.82. The zero-order valence-corrected chi connectivity index (χ0v) is 17.5. The predicted molar refractivity (Wildman–Crippen MR) is 116 cm³/mol. The molecule has 0 radical (unpaired) electrons. The number of nitrogens with zero attached hydrogens (tertiary/aromatic N) is 1. The number of hydrogen-bond acceptors (Lipinski definition) is 6. The zero-order valence-electron chi connectivity index (χ0n) is 16.7. The highest BCUT2D eigenvalue weighted by Gasteiger charge is 2.17. The van der Waals surface area contributed by atoms with E-state index in [9.17, 15) is 23.3 Å². The molecule has 0 heterocycles. The first-order valence-electron chi connectivity index (χ1n) is 9.03. The predicted octanol–water partition coefficient (Wildman–Crippen LogP) is 3.96. The fourth-order valence-corrected chi connectivity index (χ4v) is 3.98. The summed E-state index contributed by atoms with van der Waals surface area (Å²) in [5.41, 5.74) is 1.05. The number of benzene rings is 3. The second kappa shape index (κ2) is 8.84. The van der Waals surface area contributed by atoms with Crippen LogP contribution in [-0.4, -0.2) is 26.4 Å². The summed E-state index contributed by atoms with van der Waals surface area (Å²) in [5, 5.41) is 13.6. The number of carbonyl (C=O) groups excluding carboxylic acids is 1. The van der Waals surface area contributed by atoms with E-state index in [1.54, 1.807) is 25.1 Å². The van der Waals surface area contributed by atoms with Crippen LogP contribution in [0.2, 0.25) is 0 Å². The minimum Gasteiger partial charge on any atom is -0.495 e. The summed E-state index contributed by atoms with van der Waals surface area (Å²) in [7, 11) is -2.39. The van der Waals surface area contributed by atoms with Crippen LogP contribution in [0.3, 0.4) is 0 Å². The van der Waals surface area contributed by atoms with Gasteiger partial charge in [0.15, 0.2) is 0 Å². The molecule has 0 aliphatic carbocycles. The Hall–Kier alpha value is -3.92. The number of ether oxygens (including phenoxy) is 1. The third-order valence-electron chi connectivity index (χ3n) is 4.43. The van der Waals surface area contributed by atoms with Crippen LogP contribution in [0.4, 0.5) is 17.1 Å². The number of amides is 1. The SMILES string of the molecule is COc1ccc([N+](=O)[O-])cc1NC(=O)c1ccc(NS(=O)(=O)c2ccccc2)c(C)c1. The van der Waals surface area contributed by atoms with Crippen molar-refractivity contribution in [3.63, 3.8) is 0 Å².